The Kier molecular flexibility index (Phi) is 5.00. The van der Waals surface area contributed by atoms with E-state index in [0.29, 0.717) is 18.3 Å². The topological polar surface area (TPSA) is 42.4 Å². The van der Waals surface area contributed by atoms with E-state index in [0.717, 1.165) is 28.5 Å². The van der Waals surface area contributed by atoms with Crippen molar-refractivity contribution in [3.8, 4) is 5.75 Å². The van der Waals surface area contributed by atoms with Crippen molar-refractivity contribution >= 4 is 29.0 Å². The number of hydrogen-bond donors (Lipinski definition) is 0. The van der Waals surface area contributed by atoms with E-state index in [1.807, 2.05) is 34.5 Å². The number of methoxy groups -OCH3 is 1. The highest BCUT2D eigenvalue weighted by atomic mass is 32.2. The molecule has 2 aromatic rings. The average molecular weight is 334 g/mol. The molecule has 1 aliphatic carbocycles. The van der Waals surface area contributed by atoms with Gasteiger partial charge in [0.15, 0.2) is 0 Å². The molecule has 4 nitrogen and oxygen atoms in total. The Labute approximate surface area is 138 Å². The van der Waals surface area contributed by atoms with E-state index < -0.39 is 0 Å². The van der Waals surface area contributed by atoms with Gasteiger partial charge in [-0.05, 0) is 31.0 Å². The molecular formula is C16H18N2O2S2. The standard InChI is InChI=1S/C16H18N2O2S2/c1-20-13-3-2-4-14(9-13)22-11-16(19)18(12-5-6-12)10-15-17-7-8-21-15/h2-4,7-9,12H,5-6,10-11H2,1H3. The highest BCUT2D eigenvalue weighted by Gasteiger charge is 2.32. The van der Waals surface area contributed by atoms with Gasteiger partial charge in [0.25, 0.3) is 0 Å². The van der Waals surface area contributed by atoms with E-state index in [2.05, 4.69) is 4.98 Å². The molecule has 0 aliphatic heterocycles. The summed E-state index contributed by atoms with van der Waals surface area (Å²) in [6, 6.07) is 8.22. The third kappa shape index (κ3) is 4.01. The normalized spacial score (nSPS) is 13.9. The molecule has 1 fully saturated rings. The quantitative estimate of drug-likeness (QED) is 0.728. The highest BCUT2D eigenvalue weighted by molar-refractivity contribution is 8.00. The molecule has 116 valence electrons. The van der Waals surface area contributed by atoms with Gasteiger partial charge in [0.1, 0.15) is 10.8 Å². The monoisotopic (exact) mass is 334 g/mol. The van der Waals surface area contributed by atoms with Gasteiger partial charge in [-0.25, -0.2) is 4.98 Å². The zero-order chi connectivity index (χ0) is 15.4. The van der Waals surface area contributed by atoms with Crippen LogP contribution in [0.2, 0.25) is 0 Å². The minimum Gasteiger partial charge on any atom is -0.497 e. The Bertz CT molecular complexity index is 627. The van der Waals surface area contributed by atoms with E-state index in [4.69, 9.17) is 4.74 Å². The van der Waals surface area contributed by atoms with Crippen LogP contribution in [0.5, 0.6) is 5.75 Å². The maximum absolute atomic E-state index is 12.5. The average Bonchev–Trinajstić information content (AvgIpc) is 3.26. The first-order valence-electron chi connectivity index (χ1n) is 7.21. The van der Waals surface area contributed by atoms with Gasteiger partial charge in [0.05, 0.1) is 19.4 Å². The van der Waals surface area contributed by atoms with Crippen LogP contribution in [0.4, 0.5) is 0 Å². The summed E-state index contributed by atoms with van der Waals surface area (Å²) in [4.78, 5) is 19.9. The van der Waals surface area contributed by atoms with Gasteiger partial charge >= 0.3 is 0 Å². The van der Waals surface area contributed by atoms with Crippen LogP contribution < -0.4 is 4.74 Å². The van der Waals surface area contributed by atoms with Crippen molar-refractivity contribution in [2.24, 2.45) is 0 Å². The van der Waals surface area contributed by atoms with Crippen LogP contribution in [0.25, 0.3) is 0 Å². The number of ether oxygens (including phenoxy) is 1. The Morgan fingerprint density at radius 2 is 2.36 bits per heavy atom. The Morgan fingerprint density at radius 3 is 3.05 bits per heavy atom. The second-order valence-corrected chi connectivity index (χ2v) is 7.17. The summed E-state index contributed by atoms with van der Waals surface area (Å²) in [5.74, 6) is 1.46. The Morgan fingerprint density at radius 1 is 1.50 bits per heavy atom. The van der Waals surface area contributed by atoms with Crippen molar-refractivity contribution < 1.29 is 9.53 Å². The smallest absolute Gasteiger partial charge is 0.233 e. The summed E-state index contributed by atoms with van der Waals surface area (Å²) in [6.45, 7) is 0.639. The third-order valence-electron chi connectivity index (χ3n) is 3.50. The number of benzene rings is 1. The SMILES string of the molecule is COc1cccc(SCC(=O)N(Cc2nccs2)C2CC2)c1. The number of nitrogens with zero attached hydrogens (tertiary/aromatic N) is 2. The van der Waals surface area contributed by atoms with Gasteiger partial charge < -0.3 is 9.64 Å². The Balaban J connectivity index is 1.59. The van der Waals surface area contributed by atoms with Crippen molar-refractivity contribution in [1.82, 2.24) is 9.88 Å². The lowest BCUT2D eigenvalue weighted by atomic mass is 10.3. The predicted octanol–water partition coefficient (Wildman–Crippen LogP) is 3.44. The first kappa shape index (κ1) is 15.4. The van der Waals surface area contributed by atoms with Crippen LogP contribution >= 0.6 is 23.1 Å². The molecule has 1 aromatic heterocycles. The molecule has 1 saturated carbocycles. The van der Waals surface area contributed by atoms with Crippen LogP contribution in [0.3, 0.4) is 0 Å². The van der Waals surface area contributed by atoms with E-state index in [1.54, 1.807) is 36.4 Å². The van der Waals surface area contributed by atoms with Crippen LogP contribution in [0.15, 0.2) is 40.7 Å². The fourth-order valence-corrected chi connectivity index (χ4v) is 3.65. The first-order valence-corrected chi connectivity index (χ1v) is 9.07. The molecule has 0 radical (unpaired) electrons. The molecular weight excluding hydrogens is 316 g/mol. The number of carbonyl (C=O) groups excluding carboxylic acids is 1. The number of aromatic nitrogens is 1. The molecule has 3 rings (SSSR count). The number of rotatable bonds is 7. The molecule has 0 unspecified atom stereocenters. The minimum atomic E-state index is 0.186. The molecule has 0 spiro atoms. The van der Waals surface area contributed by atoms with Crippen LogP contribution in [-0.4, -0.2) is 34.7 Å². The van der Waals surface area contributed by atoms with Crippen LogP contribution in [0.1, 0.15) is 17.8 Å². The van der Waals surface area contributed by atoms with Gasteiger partial charge in [-0.15, -0.1) is 23.1 Å². The lowest BCUT2D eigenvalue weighted by Gasteiger charge is -2.21. The lowest BCUT2D eigenvalue weighted by Crippen LogP contribution is -2.33. The van der Waals surface area contributed by atoms with Crippen molar-refractivity contribution in [2.75, 3.05) is 12.9 Å². The second-order valence-electron chi connectivity index (χ2n) is 5.15. The number of thioether (sulfide) groups is 1. The third-order valence-corrected chi connectivity index (χ3v) is 5.24. The molecule has 22 heavy (non-hydrogen) atoms. The highest BCUT2D eigenvalue weighted by Crippen LogP contribution is 2.30. The molecule has 0 atom stereocenters. The van der Waals surface area contributed by atoms with E-state index in [-0.39, 0.29) is 5.91 Å². The molecule has 1 aliphatic rings. The molecule has 1 heterocycles. The van der Waals surface area contributed by atoms with E-state index in [9.17, 15) is 4.79 Å². The maximum atomic E-state index is 12.5. The molecule has 0 bridgehead atoms. The predicted molar refractivity (Wildman–Crippen MR) is 89.4 cm³/mol. The van der Waals surface area contributed by atoms with Gasteiger partial charge in [-0.1, -0.05) is 6.07 Å². The zero-order valence-corrected chi connectivity index (χ0v) is 14.0. The molecule has 0 saturated heterocycles. The molecule has 6 heteroatoms. The summed E-state index contributed by atoms with van der Waals surface area (Å²) in [6.07, 6.45) is 4.02. The minimum absolute atomic E-state index is 0.186. The van der Waals surface area contributed by atoms with Crippen molar-refractivity contribution in [3.63, 3.8) is 0 Å². The lowest BCUT2D eigenvalue weighted by molar-refractivity contribution is -0.129. The number of amides is 1. The summed E-state index contributed by atoms with van der Waals surface area (Å²) >= 11 is 3.16. The van der Waals surface area contributed by atoms with E-state index in [1.165, 1.54) is 0 Å². The van der Waals surface area contributed by atoms with Crippen molar-refractivity contribution in [3.05, 3.63) is 40.8 Å². The van der Waals surface area contributed by atoms with Gasteiger partial charge in [-0.3, -0.25) is 4.79 Å². The summed E-state index contributed by atoms with van der Waals surface area (Å²) in [5, 5.41) is 2.96. The summed E-state index contributed by atoms with van der Waals surface area (Å²) < 4.78 is 5.21. The van der Waals surface area contributed by atoms with Gasteiger partial charge in [0.2, 0.25) is 5.91 Å². The fraction of sp³-hybridized carbons (Fsp3) is 0.375. The van der Waals surface area contributed by atoms with Gasteiger partial charge in [0, 0.05) is 22.5 Å². The number of carbonyl (C=O) groups is 1. The van der Waals surface area contributed by atoms with Crippen LogP contribution in [-0.2, 0) is 11.3 Å². The number of thiazole rings is 1. The number of hydrogen-bond acceptors (Lipinski definition) is 5. The summed E-state index contributed by atoms with van der Waals surface area (Å²) in [7, 11) is 1.65. The Hall–Kier alpha value is -1.53. The first-order chi connectivity index (χ1) is 10.8. The molecule has 0 N–H and O–H groups in total. The zero-order valence-electron chi connectivity index (χ0n) is 12.4. The largest absolute Gasteiger partial charge is 0.497 e. The summed E-state index contributed by atoms with van der Waals surface area (Å²) in [5.41, 5.74) is 0. The van der Waals surface area contributed by atoms with Crippen LogP contribution in [0, 0.1) is 0 Å². The molecule has 1 amide bonds. The van der Waals surface area contributed by atoms with Crippen molar-refractivity contribution in [2.45, 2.75) is 30.3 Å². The van der Waals surface area contributed by atoms with Gasteiger partial charge in [-0.2, -0.15) is 0 Å². The maximum Gasteiger partial charge on any atom is 0.233 e. The second kappa shape index (κ2) is 7.15. The molecule has 1 aromatic carbocycles. The fourth-order valence-electron chi connectivity index (χ4n) is 2.20. The van der Waals surface area contributed by atoms with Crippen molar-refractivity contribution in [1.29, 1.82) is 0 Å². The van der Waals surface area contributed by atoms with E-state index >= 15 is 0 Å².